The lowest BCUT2D eigenvalue weighted by Crippen LogP contribution is -2.80. The van der Waals surface area contributed by atoms with Crippen LogP contribution in [0, 0.1) is 5.92 Å². The Morgan fingerprint density at radius 3 is 1.69 bits per heavy atom. The Balaban J connectivity index is 3.47. The van der Waals surface area contributed by atoms with E-state index in [1.165, 1.54) is 103 Å². The number of quaternary nitrogens is 1. The Bertz CT molecular complexity index is 442. The number of hydrogen-bond acceptors (Lipinski definition) is 5. The minimum atomic E-state index is -1.88. The minimum Gasteiger partial charge on any atom is -0.381 e. The Hall–Kier alpha value is -0.100. The number of carbonyl (C=O) groups excluding carboxylic acids is 1. The van der Waals surface area contributed by atoms with E-state index >= 15 is 0 Å². The number of hydrogen-bond donors (Lipinski definition) is 2. The van der Waals surface area contributed by atoms with Crippen molar-refractivity contribution in [3.8, 4) is 0 Å². The predicted octanol–water partition coefficient (Wildman–Crippen LogP) is 6.70. The molecule has 0 aromatic carbocycles. The van der Waals surface area contributed by atoms with Gasteiger partial charge >= 0.3 is 8.60 Å². The zero-order valence-electron chi connectivity index (χ0n) is 23.4. The summed E-state index contributed by atoms with van der Waals surface area (Å²) in [5.74, 6) is 0.0838. The van der Waals surface area contributed by atoms with Gasteiger partial charge in [-0.05, 0) is 13.3 Å². The molecule has 3 N–H and O–H groups in total. The maximum atomic E-state index is 11.5. The van der Waals surface area contributed by atoms with Crippen molar-refractivity contribution < 1.29 is 28.8 Å². The summed E-state index contributed by atoms with van der Waals surface area (Å²) < 4.78 is 16.4. The molecule has 0 saturated carbocycles. The average Bonchev–Trinajstić information content (AvgIpc) is 2.83. The highest BCUT2D eigenvalue weighted by molar-refractivity contribution is 7.40. The van der Waals surface area contributed by atoms with E-state index in [0.29, 0.717) is 19.6 Å². The Labute approximate surface area is 218 Å². The number of unbranched alkanes of at least 4 members (excludes halogenated alkanes) is 16. The summed E-state index contributed by atoms with van der Waals surface area (Å²) in [5.41, 5.74) is 0. The molecule has 0 aliphatic carbocycles. The zero-order chi connectivity index (χ0) is 25.8. The summed E-state index contributed by atoms with van der Waals surface area (Å²) >= 11 is 0. The molecular weight excluding hydrogens is 461 g/mol. The van der Waals surface area contributed by atoms with E-state index in [4.69, 9.17) is 13.8 Å². The highest BCUT2D eigenvalue weighted by Crippen LogP contribution is 2.33. The first-order chi connectivity index (χ1) is 17.1. The van der Waals surface area contributed by atoms with Crippen LogP contribution < -0.4 is 5.32 Å². The van der Waals surface area contributed by atoms with Crippen molar-refractivity contribution in [3.05, 3.63) is 0 Å². The first kappa shape index (κ1) is 34.9. The molecule has 0 rings (SSSR count). The Kier molecular flexibility index (Phi) is 28.4. The molecule has 6 nitrogen and oxygen atoms in total. The van der Waals surface area contributed by atoms with E-state index in [0.717, 1.165) is 19.6 Å². The van der Waals surface area contributed by atoms with E-state index in [1.54, 1.807) is 6.92 Å². The largest absolute Gasteiger partial charge is 0.381 e. The third kappa shape index (κ3) is 28.3. The van der Waals surface area contributed by atoms with Crippen molar-refractivity contribution >= 4 is 14.4 Å². The van der Waals surface area contributed by atoms with Crippen LogP contribution in [-0.2, 0) is 18.6 Å². The molecule has 0 saturated heterocycles. The van der Waals surface area contributed by atoms with Crippen LogP contribution in [0.25, 0.3) is 0 Å². The van der Waals surface area contributed by atoms with Crippen LogP contribution >= 0.6 is 8.60 Å². The summed E-state index contributed by atoms with van der Waals surface area (Å²) in [7, 11) is 0.0706. The molecular formula is C28H59NO5P+. The topological polar surface area (TPSA) is 81.6 Å². The molecule has 210 valence electrons. The van der Waals surface area contributed by atoms with Gasteiger partial charge in [-0.15, -0.1) is 0 Å². The molecule has 0 radical (unpaired) electrons. The standard InChI is InChI=1S/C28H58NO5P/c1-4-5-6-7-8-9-10-11-12-13-14-15-16-17-18-19-20-22-32-25-28(24-27(2)30)26-34-35(31)33-23-21-29-3/h28-29,31H,4-26H2,1-3H3/p+1. The molecule has 0 fully saturated rings. The summed E-state index contributed by atoms with van der Waals surface area (Å²) in [6.45, 7) is 6.60. The van der Waals surface area contributed by atoms with E-state index in [-0.39, 0.29) is 18.3 Å². The van der Waals surface area contributed by atoms with Gasteiger partial charge in [0.05, 0.1) is 26.8 Å². The van der Waals surface area contributed by atoms with Crippen LogP contribution in [-0.4, -0.2) is 50.7 Å². The van der Waals surface area contributed by atoms with Crippen LogP contribution in [0.3, 0.4) is 0 Å². The lowest BCUT2D eigenvalue weighted by atomic mass is 10.0. The second-order valence-electron chi connectivity index (χ2n) is 10.1. The Morgan fingerprint density at radius 1 is 0.743 bits per heavy atom. The van der Waals surface area contributed by atoms with Gasteiger partial charge in [-0.2, -0.15) is 0 Å². The van der Waals surface area contributed by atoms with Crippen molar-refractivity contribution in [3.63, 3.8) is 0 Å². The number of carbonyl (C=O) groups is 1. The highest BCUT2D eigenvalue weighted by Gasteiger charge is 2.16. The van der Waals surface area contributed by atoms with E-state index in [9.17, 15) is 9.69 Å². The molecule has 0 aliphatic rings. The van der Waals surface area contributed by atoms with Gasteiger partial charge in [0, 0.05) is 18.9 Å². The average molecular weight is 521 g/mol. The smallest absolute Gasteiger partial charge is 0.330 e. The van der Waals surface area contributed by atoms with Crippen molar-refractivity contribution in [2.45, 2.75) is 129 Å². The van der Waals surface area contributed by atoms with Crippen LogP contribution in [0.1, 0.15) is 129 Å². The van der Waals surface area contributed by atoms with Crippen molar-refractivity contribution in [1.29, 1.82) is 0 Å². The van der Waals surface area contributed by atoms with E-state index in [2.05, 4.69) is 6.92 Å². The predicted molar refractivity (Wildman–Crippen MR) is 148 cm³/mol. The first-order valence-electron chi connectivity index (χ1n) is 14.7. The zero-order valence-corrected chi connectivity index (χ0v) is 24.3. The van der Waals surface area contributed by atoms with Gasteiger partial charge in [-0.3, -0.25) is 0 Å². The minimum absolute atomic E-state index is 0.0308. The maximum absolute atomic E-state index is 11.5. The monoisotopic (exact) mass is 520 g/mol. The van der Waals surface area contributed by atoms with E-state index < -0.39 is 8.60 Å². The van der Waals surface area contributed by atoms with Gasteiger partial charge in [0.15, 0.2) is 0 Å². The molecule has 2 atom stereocenters. The van der Waals surface area contributed by atoms with Crippen molar-refractivity contribution in [1.82, 2.24) is 0 Å². The van der Waals surface area contributed by atoms with Crippen LogP contribution in [0.15, 0.2) is 0 Å². The van der Waals surface area contributed by atoms with Gasteiger partial charge in [0.25, 0.3) is 0 Å². The van der Waals surface area contributed by atoms with Gasteiger partial charge in [-0.25, -0.2) is 0 Å². The van der Waals surface area contributed by atoms with Crippen molar-refractivity contribution in [2.75, 3.05) is 40.0 Å². The van der Waals surface area contributed by atoms with E-state index in [1.807, 2.05) is 12.4 Å². The number of ether oxygens (including phenoxy) is 1. The highest BCUT2D eigenvalue weighted by atomic mass is 31.2. The van der Waals surface area contributed by atoms with Gasteiger partial charge in [-0.1, -0.05) is 110 Å². The Morgan fingerprint density at radius 2 is 1.23 bits per heavy atom. The summed E-state index contributed by atoms with van der Waals surface area (Å²) in [5, 5.41) is 1.98. The number of rotatable bonds is 29. The summed E-state index contributed by atoms with van der Waals surface area (Å²) in [6.07, 6.45) is 23.6. The molecule has 0 heterocycles. The molecule has 0 bridgehead atoms. The normalized spacial score (nSPS) is 13.3. The second kappa shape index (κ2) is 28.5. The molecule has 7 heteroatoms. The molecule has 2 unspecified atom stereocenters. The number of ketones is 1. The van der Waals surface area contributed by atoms with Crippen LogP contribution in [0.2, 0.25) is 0 Å². The molecule has 0 spiro atoms. The lowest BCUT2D eigenvalue weighted by molar-refractivity contribution is -0.627. The van der Waals surface area contributed by atoms with Crippen molar-refractivity contribution in [2.24, 2.45) is 5.92 Å². The number of likely N-dealkylation sites (N-methyl/N-ethyl adjacent to an activating group) is 1. The van der Waals surface area contributed by atoms with Crippen LogP contribution in [0.5, 0.6) is 0 Å². The van der Waals surface area contributed by atoms with Crippen LogP contribution in [0.4, 0.5) is 0 Å². The third-order valence-corrected chi connectivity index (χ3v) is 7.12. The lowest BCUT2D eigenvalue weighted by Gasteiger charge is -2.17. The SMILES string of the molecule is CCCCCCCCCCCCCCCCCCCOCC(COP(O)OCC[NH2+]C)CC(C)=O. The second-order valence-corrected chi connectivity index (χ2v) is 11.1. The maximum Gasteiger partial charge on any atom is 0.330 e. The summed E-state index contributed by atoms with van der Waals surface area (Å²) in [6, 6.07) is 0. The fraction of sp³-hybridized carbons (Fsp3) is 0.964. The molecule has 0 aromatic rings. The number of Topliss-reactive ketones (excluding diaryl/α,β-unsaturated/α-hetero) is 1. The first-order valence-corrected chi connectivity index (χ1v) is 15.8. The quantitative estimate of drug-likeness (QED) is 0.0848. The summed E-state index contributed by atoms with van der Waals surface area (Å²) in [4.78, 5) is 21.3. The van der Waals surface area contributed by atoms with Gasteiger partial charge < -0.3 is 28.8 Å². The number of nitrogens with two attached hydrogens (primary N) is 1. The van der Waals surface area contributed by atoms with Gasteiger partial charge in [0.2, 0.25) is 0 Å². The molecule has 0 aliphatic heterocycles. The molecule has 35 heavy (non-hydrogen) atoms. The molecule has 0 aromatic heterocycles. The fourth-order valence-electron chi connectivity index (χ4n) is 4.21. The third-order valence-electron chi connectivity index (χ3n) is 6.35. The van der Waals surface area contributed by atoms with Gasteiger partial charge in [0.1, 0.15) is 12.4 Å². The molecule has 0 amide bonds. The fourth-order valence-corrected chi connectivity index (χ4v) is 4.88.